The Morgan fingerprint density at radius 1 is 1.17 bits per heavy atom. The van der Waals surface area contributed by atoms with Crippen LogP contribution in [0.4, 0.5) is 0 Å². The molecule has 1 unspecified atom stereocenters. The monoisotopic (exact) mass is 310 g/mol. The molecule has 0 saturated carbocycles. The zero-order valence-corrected chi connectivity index (χ0v) is 14.2. The van der Waals surface area contributed by atoms with Crippen molar-refractivity contribution in [2.24, 2.45) is 5.92 Å². The van der Waals surface area contributed by atoms with E-state index in [1.54, 1.807) is 6.07 Å². The first-order valence-corrected chi connectivity index (χ1v) is 7.92. The number of aliphatic hydroxyl groups excluding tert-OH is 1. The number of carbonyl (C=O) groups is 1. The van der Waals surface area contributed by atoms with E-state index in [0.29, 0.717) is 22.3 Å². The third-order valence-electron chi connectivity index (χ3n) is 4.83. The SMILES string of the molecule is CC(C)=C1C=Cc2c(C)ccc3c2C1(O)C(=O)C(C(C)C)=C3O. The van der Waals surface area contributed by atoms with Crippen LogP contribution < -0.4 is 0 Å². The number of hydrogen-bond donors (Lipinski definition) is 2. The van der Waals surface area contributed by atoms with Crippen molar-refractivity contribution in [1.82, 2.24) is 0 Å². The summed E-state index contributed by atoms with van der Waals surface area (Å²) < 4.78 is 0. The Balaban J connectivity index is 2.51. The van der Waals surface area contributed by atoms with Crippen LogP contribution in [0.5, 0.6) is 0 Å². The topological polar surface area (TPSA) is 57.5 Å². The number of carbonyl (C=O) groups excluding carboxylic acids is 1. The fourth-order valence-corrected chi connectivity index (χ4v) is 3.69. The predicted molar refractivity (Wildman–Crippen MR) is 91.9 cm³/mol. The van der Waals surface area contributed by atoms with Gasteiger partial charge in [-0.3, -0.25) is 4.79 Å². The Morgan fingerprint density at radius 2 is 1.83 bits per heavy atom. The largest absolute Gasteiger partial charge is 0.507 e. The van der Waals surface area contributed by atoms with Gasteiger partial charge in [0, 0.05) is 16.7 Å². The van der Waals surface area contributed by atoms with E-state index < -0.39 is 11.4 Å². The van der Waals surface area contributed by atoms with Gasteiger partial charge in [0.1, 0.15) is 5.76 Å². The standard InChI is InChI=1S/C20H22O3/c1-10(2)15-9-8-13-12(5)6-7-14-17(13)20(15,23)19(22)16(11(3)4)18(14)21/h6-9,11,21,23H,1-5H3. The van der Waals surface area contributed by atoms with E-state index in [1.807, 2.05) is 52.8 Å². The van der Waals surface area contributed by atoms with Gasteiger partial charge in [0.05, 0.1) is 0 Å². The van der Waals surface area contributed by atoms with Crippen LogP contribution in [-0.2, 0) is 10.4 Å². The summed E-state index contributed by atoms with van der Waals surface area (Å²) in [6.45, 7) is 9.43. The van der Waals surface area contributed by atoms with Crippen molar-refractivity contribution in [3.05, 3.63) is 57.2 Å². The molecule has 0 heterocycles. The molecule has 0 amide bonds. The molecule has 0 radical (unpaired) electrons. The number of benzene rings is 1. The van der Waals surface area contributed by atoms with Gasteiger partial charge in [0.2, 0.25) is 5.78 Å². The summed E-state index contributed by atoms with van der Waals surface area (Å²) in [5.41, 5.74) is 2.94. The molecule has 3 heteroatoms. The molecule has 1 atom stereocenters. The van der Waals surface area contributed by atoms with Gasteiger partial charge < -0.3 is 10.2 Å². The van der Waals surface area contributed by atoms with Crippen LogP contribution in [0.3, 0.4) is 0 Å². The van der Waals surface area contributed by atoms with E-state index in [9.17, 15) is 15.0 Å². The summed E-state index contributed by atoms with van der Waals surface area (Å²) in [5, 5.41) is 22.2. The van der Waals surface area contributed by atoms with Crippen molar-refractivity contribution in [3.63, 3.8) is 0 Å². The van der Waals surface area contributed by atoms with E-state index in [0.717, 1.165) is 16.7 Å². The lowest BCUT2D eigenvalue weighted by Crippen LogP contribution is -2.45. The molecule has 0 aromatic heterocycles. The van der Waals surface area contributed by atoms with Gasteiger partial charge in [0.15, 0.2) is 5.60 Å². The smallest absolute Gasteiger partial charge is 0.203 e. The highest BCUT2D eigenvalue weighted by atomic mass is 16.3. The molecule has 0 bridgehead atoms. The molecule has 1 aromatic carbocycles. The first-order chi connectivity index (χ1) is 10.7. The zero-order valence-electron chi connectivity index (χ0n) is 14.2. The van der Waals surface area contributed by atoms with E-state index in [2.05, 4.69) is 0 Å². The number of aryl methyl sites for hydroxylation is 1. The predicted octanol–water partition coefficient (Wildman–Crippen LogP) is 4.05. The number of rotatable bonds is 1. The molecule has 23 heavy (non-hydrogen) atoms. The maximum absolute atomic E-state index is 13.2. The quantitative estimate of drug-likeness (QED) is 0.822. The van der Waals surface area contributed by atoms with Crippen molar-refractivity contribution >= 4 is 17.6 Å². The van der Waals surface area contributed by atoms with E-state index in [-0.39, 0.29) is 11.7 Å². The van der Waals surface area contributed by atoms with Crippen molar-refractivity contribution in [2.45, 2.75) is 40.2 Å². The number of hydrogen-bond acceptors (Lipinski definition) is 3. The Bertz CT molecular complexity index is 818. The summed E-state index contributed by atoms with van der Waals surface area (Å²) in [4.78, 5) is 13.2. The van der Waals surface area contributed by atoms with Crippen LogP contribution in [0.2, 0.25) is 0 Å². The molecule has 0 aliphatic heterocycles. The van der Waals surface area contributed by atoms with Crippen molar-refractivity contribution < 1.29 is 15.0 Å². The van der Waals surface area contributed by atoms with Crippen LogP contribution in [0.1, 0.15) is 49.9 Å². The third kappa shape index (κ3) is 1.89. The average molecular weight is 310 g/mol. The van der Waals surface area contributed by atoms with Gasteiger partial charge in [-0.1, -0.05) is 43.7 Å². The number of Topliss-reactive ketones (excluding diaryl/α,β-unsaturated/α-hetero) is 1. The van der Waals surface area contributed by atoms with Crippen molar-refractivity contribution in [1.29, 1.82) is 0 Å². The fraction of sp³-hybridized carbons (Fsp3) is 0.350. The van der Waals surface area contributed by atoms with Crippen molar-refractivity contribution in [2.75, 3.05) is 0 Å². The van der Waals surface area contributed by atoms with Gasteiger partial charge >= 0.3 is 0 Å². The minimum atomic E-state index is -1.71. The molecule has 2 aliphatic rings. The highest BCUT2D eigenvalue weighted by molar-refractivity contribution is 6.14. The number of allylic oxidation sites excluding steroid dienone is 1. The summed E-state index contributed by atoms with van der Waals surface area (Å²) in [5.74, 6) is -0.590. The summed E-state index contributed by atoms with van der Waals surface area (Å²) in [6, 6.07) is 3.71. The first kappa shape index (κ1) is 15.8. The third-order valence-corrected chi connectivity index (χ3v) is 4.83. The molecule has 0 saturated heterocycles. The van der Waals surface area contributed by atoms with Gasteiger partial charge in [-0.25, -0.2) is 0 Å². The molecule has 3 nitrogen and oxygen atoms in total. The second-order valence-corrected chi connectivity index (χ2v) is 6.92. The molecule has 0 spiro atoms. The zero-order chi connectivity index (χ0) is 17.1. The van der Waals surface area contributed by atoms with E-state index in [4.69, 9.17) is 0 Å². The molecule has 120 valence electrons. The minimum absolute atomic E-state index is 0.00525. The second kappa shape index (κ2) is 4.93. The normalized spacial score (nSPS) is 22.7. The van der Waals surface area contributed by atoms with Crippen LogP contribution in [-0.4, -0.2) is 16.0 Å². The lowest BCUT2D eigenvalue weighted by molar-refractivity contribution is -0.131. The maximum atomic E-state index is 13.2. The Morgan fingerprint density at radius 3 is 2.39 bits per heavy atom. The van der Waals surface area contributed by atoms with Crippen LogP contribution in [0.15, 0.2) is 34.9 Å². The number of ketones is 1. The van der Waals surface area contributed by atoms with Crippen molar-refractivity contribution in [3.8, 4) is 0 Å². The summed E-state index contributed by atoms with van der Waals surface area (Å²) in [6.07, 6.45) is 3.75. The van der Waals surface area contributed by atoms with Gasteiger partial charge in [0.25, 0.3) is 0 Å². The highest BCUT2D eigenvalue weighted by Gasteiger charge is 2.51. The summed E-state index contributed by atoms with van der Waals surface area (Å²) in [7, 11) is 0. The molecule has 0 fully saturated rings. The van der Waals surface area contributed by atoms with Crippen LogP contribution in [0, 0.1) is 12.8 Å². The fourth-order valence-electron chi connectivity index (χ4n) is 3.69. The van der Waals surface area contributed by atoms with E-state index >= 15 is 0 Å². The van der Waals surface area contributed by atoms with Gasteiger partial charge in [-0.2, -0.15) is 0 Å². The molecule has 2 aliphatic carbocycles. The van der Waals surface area contributed by atoms with Crippen LogP contribution >= 0.6 is 0 Å². The lowest BCUT2D eigenvalue weighted by atomic mass is 9.66. The second-order valence-electron chi connectivity index (χ2n) is 6.92. The maximum Gasteiger partial charge on any atom is 0.203 e. The molecular weight excluding hydrogens is 288 g/mol. The first-order valence-electron chi connectivity index (χ1n) is 7.92. The molecule has 1 aromatic rings. The molecular formula is C20H22O3. The Kier molecular flexibility index (Phi) is 3.38. The minimum Gasteiger partial charge on any atom is -0.507 e. The van der Waals surface area contributed by atoms with E-state index in [1.165, 1.54) is 0 Å². The van der Waals surface area contributed by atoms with Crippen LogP contribution in [0.25, 0.3) is 11.8 Å². The Labute approximate surface area is 136 Å². The lowest BCUT2D eigenvalue weighted by Gasteiger charge is -2.40. The number of aliphatic hydroxyl groups is 2. The van der Waals surface area contributed by atoms with Gasteiger partial charge in [-0.15, -0.1) is 0 Å². The Hall–Kier alpha value is -2.13. The van der Waals surface area contributed by atoms with Gasteiger partial charge in [-0.05, 0) is 43.4 Å². The average Bonchev–Trinajstić information content (AvgIpc) is 2.46. The molecule has 2 N–H and O–H groups in total. The highest BCUT2D eigenvalue weighted by Crippen LogP contribution is 2.49. The summed E-state index contributed by atoms with van der Waals surface area (Å²) >= 11 is 0. The molecule has 3 rings (SSSR count).